The summed E-state index contributed by atoms with van der Waals surface area (Å²) in [5.41, 5.74) is 29.7. The number of aryl methyl sites for hydroxylation is 3. The van der Waals surface area contributed by atoms with Crippen molar-refractivity contribution >= 4 is 84.3 Å². The first-order chi connectivity index (χ1) is 63.3. The Morgan fingerprint density at radius 2 is 0.634 bits per heavy atom. The number of carboxylic acid groups (broad SMARTS) is 4. The normalized spacial score (nSPS) is 15.0. The molecule has 2 aromatic carbocycles. The molecule has 1 unspecified atom stereocenters. The van der Waals surface area contributed by atoms with Crippen molar-refractivity contribution in [3.05, 3.63) is 331 Å². The van der Waals surface area contributed by atoms with Gasteiger partial charge in [0.05, 0.1) is 106 Å². The molecule has 0 saturated heterocycles. The van der Waals surface area contributed by atoms with E-state index in [1.165, 1.54) is 153 Å². The molecular formula is C107H113N9O15. The third kappa shape index (κ3) is 24.4. The summed E-state index contributed by atoms with van der Waals surface area (Å²) in [7, 11) is 6.02. The number of aromatic carboxylic acids is 4. The highest BCUT2D eigenvalue weighted by Gasteiger charge is 2.31. The Morgan fingerprint density at radius 3 is 0.931 bits per heavy atom. The van der Waals surface area contributed by atoms with Crippen LogP contribution in [-0.2, 0) is 79.0 Å². The average molecular weight is 1770 g/mol. The molecule has 1 atom stereocenters. The van der Waals surface area contributed by atoms with Crippen LogP contribution in [0.15, 0.2) is 186 Å². The molecule has 0 bridgehead atoms. The number of methoxy groups -OCH3 is 3. The van der Waals surface area contributed by atoms with Crippen molar-refractivity contribution in [3.63, 3.8) is 0 Å². The van der Waals surface area contributed by atoms with Crippen LogP contribution in [0.25, 0.3) is 42.5 Å². The molecule has 19 rings (SSSR count). The Balaban J connectivity index is 0.000000130. The van der Waals surface area contributed by atoms with Crippen LogP contribution in [0.2, 0.25) is 0 Å². The van der Waals surface area contributed by atoms with E-state index in [1.807, 2.05) is 12.2 Å². The molecule has 24 heteroatoms. The van der Waals surface area contributed by atoms with Gasteiger partial charge in [-0.2, -0.15) is 5.10 Å². The van der Waals surface area contributed by atoms with Crippen molar-refractivity contribution in [2.75, 3.05) is 21.3 Å². The first-order valence-electron chi connectivity index (χ1n) is 45.0. The lowest BCUT2D eigenvalue weighted by molar-refractivity contribution is 0.0590. The number of carbonyl (C=O) groups is 7. The number of fused-ring (bicyclic) bond motifs is 7. The minimum atomic E-state index is -0.981. The number of hydrogen-bond donors (Lipinski definition) is 5. The van der Waals surface area contributed by atoms with Crippen molar-refractivity contribution in [3.8, 4) is 0 Å². The summed E-state index contributed by atoms with van der Waals surface area (Å²) >= 11 is 0. The first-order valence-corrected chi connectivity index (χ1v) is 45.0. The quantitative estimate of drug-likeness (QED) is 0.0329. The minimum absolute atomic E-state index is 0.231. The van der Waals surface area contributed by atoms with Crippen LogP contribution in [0.5, 0.6) is 0 Å². The summed E-state index contributed by atoms with van der Waals surface area (Å²) in [4.78, 5) is 110. The second-order valence-corrected chi connectivity index (χ2v) is 34.6. The van der Waals surface area contributed by atoms with E-state index in [2.05, 4.69) is 141 Å². The first kappa shape index (κ1) is 94.7. The standard InChI is InChI=1S/C18H17NO2.C17H15NO2.C17H21NO2.C16H19NO2.C14H13N3O3.C13H15NO2.C12H13NO2/c1-12-3-5-13(6-4-12)9-14-10-16-15(18(20)21-2)7-8-19-17(16)11-14;1-11-2-4-12(5-3-11)8-13-9-15-14(17(19)20)6-7-18-16(15)10-13;1-20-17(19)14-7-8-18-16-11-13(10-15(14)16)9-12-5-3-2-4-6-12;18-16(19)13-6-7-17-15-10-12(9-14(13)15)8-11-4-2-1-3-5-11;1-17-5-3-11(16-17)13(18)8-6-10-9(14(19)20)2-4-15-12(10)7-8;1-3-4-9-7-11-10(13(15)16-2)5-6-14-12(11)8-9;1-2-3-8-6-10-9(12(14)15)4-5-13-11(10)7-8/h3-8,11H,9-10H2,1-2H3;2-7,10H,8-9H2,1H3,(H,19,20);7-8,11-12H,2-6,9-10H2,1H3;6-7,10-11H,1-5,8-9H2,(H,18,19);2-5,7,13,18H,6H2,1H3,(H,19,20);5-6,8H,3-4,7H2,1-2H3;4-5,7H,2-3,6H2,1H3,(H,14,15). The second-order valence-electron chi connectivity index (χ2n) is 34.6. The molecule has 8 aromatic heterocycles. The van der Waals surface area contributed by atoms with E-state index in [0.29, 0.717) is 68.7 Å². The number of carboxylic acids is 4. The fraction of sp³-hybridized carbons (Fsp3) is 0.336. The number of aliphatic hydroxyl groups excluding tert-OH is 1. The number of ether oxygens (including phenoxy) is 3. The van der Waals surface area contributed by atoms with Crippen LogP contribution < -0.4 is 0 Å². The Hall–Kier alpha value is -13.9. The van der Waals surface area contributed by atoms with Gasteiger partial charge in [0.1, 0.15) is 6.10 Å². The van der Waals surface area contributed by atoms with Gasteiger partial charge in [-0.3, -0.25) is 39.6 Å². The number of aliphatic hydroxyl groups is 1. The molecule has 0 amide bonds. The fourth-order valence-electron chi connectivity index (χ4n) is 18.6. The summed E-state index contributed by atoms with van der Waals surface area (Å²) in [5.74, 6) is -2.77. The number of esters is 3. The van der Waals surface area contributed by atoms with Crippen molar-refractivity contribution in [2.45, 2.75) is 194 Å². The molecule has 8 heterocycles. The van der Waals surface area contributed by atoms with Crippen LogP contribution in [0.1, 0.15) is 302 Å². The van der Waals surface area contributed by atoms with E-state index >= 15 is 0 Å². The van der Waals surface area contributed by atoms with Gasteiger partial charge in [0.25, 0.3) is 0 Å². The SMILES string of the molecule is CCCC1=Cc2nccc(C(=O)O)c2C1.CCCC1=Cc2nccc(C(=O)OC)c2C1.COC(=O)c1ccnc2c1CC(CC1CCCCC1)=C2.COC(=O)c1ccnc2c1CC(Cc1ccc(C)cc1)=C2.Cc1ccc(CC2=Cc3nccc(C(=O)O)c3C2)cc1.Cn1ccc(C(O)C2=Cc3nccc(C(=O)O)c3C2)n1.O=C(O)c1ccnc2c1CC(CC1CCCCC1)=C2. The van der Waals surface area contributed by atoms with Gasteiger partial charge in [-0.1, -0.05) is 184 Å². The highest BCUT2D eigenvalue weighted by molar-refractivity contribution is 5.96. The number of allylic oxidation sites excluding steroid dienone is 6. The molecule has 131 heavy (non-hydrogen) atoms. The van der Waals surface area contributed by atoms with Gasteiger partial charge in [0.15, 0.2) is 0 Å². The van der Waals surface area contributed by atoms with Gasteiger partial charge >= 0.3 is 41.8 Å². The molecule has 5 N–H and O–H groups in total. The van der Waals surface area contributed by atoms with Gasteiger partial charge in [-0.15, -0.1) is 0 Å². The van der Waals surface area contributed by atoms with Crippen LogP contribution in [0, 0.1) is 25.7 Å². The zero-order valence-corrected chi connectivity index (χ0v) is 75.7. The third-order valence-electron chi connectivity index (χ3n) is 25.1. The van der Waals surface area contributed by atoms with Crippen molar-refractivity contribution in [1.29, 1.82) is 0 Å². The summed E-state index contributed by atoms with van der Waals surface area (Å²) < 4.78 is 16.1. The van der Waals surface area contributed by atoms with Crippen LogP contribution in [0.3, 0.4) is 0 Å². The molecule has 0 radical (unpaired) electrons. The van der Waals surface area contributed by atoms with E-state index in [1.54, 1.807) is 104 Å². The van der Waals surface area contributed by atoms with E-state index in [9.17, 15) is 48.9 Å². The molecule has 676 valence electrons. The van der Waals surface area contributed by atoms with E-state index in [0.717, 1.165) is 163 Å². The molecule has 9 aliphatic rings. The van der Waals surface area contributed by atoms with Crippen molar-refractivity contribution in [1.82, 2.24) is 44.7 Å². The monoisotopic (exact) mass is 1760 g/mol. The van der Waals surface area contributed by atoms with E-state index in [-0.39, 0.29) is 23.5 Å². The molecule has 9 aliphatic carbocycles. The molecule has 0 spiro atoms. The molecule has 24 nitrogen and oxygen atoms in total. The summed E-state index contributed by atoms with van der Waals surface area (Å²) in [5, 5.41) is 51.1. The number of benzene rings is 2. The zero-order valence-electron chi connectivity index (χ0n) is 75.7. The third-order valence-corrected chi connectivity index (χ3v) is 25.1. The smallest absolute Gasteiger partial charge is 0.338 e. The van der Waals surface area contributed by atoms with Gasteiger partial charge in [0, 0.05) is 56.6 Å². The van der Waals surface area contributed by atoms with E-state index < -0.39 is 30.0 Å². The Bertz CT molecular complexity index is 6160. The minimum Gasteiger partial charge on any atom is -0.478 e. The predicted octanol–water partition coefficient (Wildman–Crippen LogP) is 20.4. The summed E-state index contributed by atoms with van der Waals surface area (Å²) in [6.45, 7) is 8.42. The molecule has 10 aromatic rings. The van der Waals surface area contributed by atoms with Crippen molar-refractivity contribution in [2.24, 2.45) is 18.9 Å². The topological polar surface area (TPSA) is 356 Å². The highest BCUT2D eigenvalue weighted by atomic mass is 16.5. The lowest BCUT2D eigenvalue weighted by Crippen LogP contribution is -2.09. The van der Waals surface area contributed by atoms with Crippen molar-refractivity contribution < 1.29 is 73.3 Å². The lowest BCUT2D eigenvalue weighted by Gasteiger charge is -2.21. The molecule has 2 saturated carbocycles. The Morgan fingerprint density at radius 1 is 0.359 bits per heavy atom. The van der Waals surface area contributed by atoms with Gasteiger partial charge in [-0.05, 0) is 256 Å². The van der Waals surface area contributed by atoms with Gasteiger partial charge < -0.3 is 39.7 Å². The maximum Gasteiger partial charge on any atom is 0.338 e. The molecular weight excluding hydrogens is 1650 g/mol. The van der Waals surface area contributed by atoms with E-state index in [4.69, 9.17) is 24.4 Å². The Labute approximate surface area is 763 Å². The number of rotatable bonds is 21. The maximum absolute atomic E-state index is 11.8. The number of pyridine rings is 7. The largest absolute Gasteiger partial charge is 0.478 e. The number of aromatic nitrogens is 9. The van der Waals surface area contributed by atoms with Crippen LogP contribution >= 0.6 is 0 Å². The number of hydrogen-bond acceptors (Lipinski definition) is 19. The van der Waals surface area contributed by atoms with Crippen LogP contribution in [-0.4, -0.2) is 133 Å². The predicted molar refractivity (Wildman–Crippen MR) is 503 cm³/mol. The lowest BCUT2D eigenvalue weighted by atomic mass is 9.84. The second kappa shape index (κ2) is 44.9. The van der Waals surface area contributed by atoms with Crippen LogP contribution in [0.4, 0.5) is 0 Å². The average Bonchev–Trinajstić information content (AvgIpc) is 1.65. The fourth-order valence-corrected chi connectivity index (χ4v) is 18.6. The van der Waals surface area contributed by atoms with Gasteiger partial charge in [0.2, 0.25) is 0 Å². The maximum atomic E-state index is 11.8. The number of nitrogens with zero attached hydrogens (tertiary/aromatic N) is 9. The summed E-state index contributed by atoms with van der Waals surface area (Å²) in [6, 6.07) is 30.2. The Kier molecular flexibility index (Phi) is 32.5. The molecule has 0 aliphatic heterocycles. The zero-order chi connectivity index (χ0) is 92.8. The highest BCUT2D eigenvalue weighted by Crippen LogP contribution is 2.40. The summed E-state index contributed by atoms with van der Waals surface area (Å²) in [6.07, 6.45) is 53.3. The number of carbonyl (C=O) groups excluding carboxylic acids is 3. The molecule has 2 fully saturated rings. The van der Waals surface area contributed by atoms with Gasteiger partial charge in [-0.25, -0.2) is 33.6 Å².